The van der Waals surface area contributed by atoms with Crippen LogP contribution < -0.4 is 0 Å². The first-order chi connectivity index (χ1) is 9.56. The lowest BCUT2D eigenvalue weighted by Gasteiger charge is -2.49. The lowest BCUT2D eigenvalue weighted by molar-refractivity contribution is -0.125. The molecule has 0 aromatic heterocycles. The van der Waals surface area contributed by atoms with E-state index in [-0.39, 0.29) is 5.60 Å². The minimum Gasteiger partial charge on any atom is -0.373 e. The van der Waals surface area contributed by atoms with Crippen LogP contribution in [0.25, 0.3) is 0 Å². The molecule has 0 amide bonds. The van der Waals surface area contributed by atoms with Gasteiger partial charge in [0.25, 0.3) is 0 Å². The quantitative estimate of drug-likeness (QED) is 0.794. The van der Waals surface area contributed by atoms with Crippen molar-refractivity contribution in [2.45, 2.75) is 84.6 Å². The summed E-state index contributed by atoms with van der Waals surface area (Å²) in [6, 6.07) is 0.715. The van der Waals surface area contributed by atoms with E-state index >= 15 is 0 Å². The molecule has 0 bridgehead atoms. The van der Waals surface area contributed by atoms with Crippen LogP contribution in [0.2, 0.25) is 0 Å². The van der Waals surface area contributed by atoms with Gasteiger partial charge in [-0.05, 0) is 67.2 Å². The Balaban J connectivity index is 1.73. The summed E-state index contributed by atoms with van der Waals surface area (Å²) in [4.78, 5) is 5.31. The van der Waals surface area contributed by atoms with E-state index in [0.717, 1.165) is 5.92 Å². The van der Waals surface area contributed by atoms with E-state index in [4.69, 9.17) is 4.74 Å². The van der Waals surface area contributed by atoms with Gasteiger partial charge in [-0.3, -0.25) is 9.80 Å². The van der Waals surface area contributed by atoms with E-state index in [1.54, 1.807) is 0 Å². The van der Waals surface area contributed by atoms with Gasteiger partial charge in [0.1, 0.15) is 0 Å². The van der Waals surface area contributed by atoms with Crippen LogP contribution in [0.15, 0.2) is 0 Å². The Morgan fingerprint density at radius 3 is 1.86 bits per heavy atom. The zero-order chi connectivity index (χ0) is 15.8. The van der Waals surface area contributed by atoms with Crippen LogP contribution in [0.3, 0.4) is 0 Å². The third-order valence-electron chi connectivity index (χ3n) is 5.17. The summed E-state index contributed by atoms with van der Waals surface area (Å²) >= 11 is 0. The summed E-state index contributed by atoms with van der Waals surface area (Å²) in [6.45, 7) is 20.8. The second kappa shape index (κ2) is 6.17. The van der Waals surface area contributed by atoms with Gasteiger partial charge in [-0.1, -0.05) is 0 Å². The van der Waals surface area contributed by atoms with Gasteiger partial charge in [0.05, 0.1) is 11.7 Å². The fraction of sp³-hybridized carbons (Fsp3) is 1.00. The lowest BCUT2D eigenvalue weighted by atomic mass is 9.76. The summed E-state index contributed by atoms with van der Waals surface area (Å²) in [5, 5.41) is 0. The Kier molecular flexibility index (Phi) is 5.07. The maximum atomic E-state index is 6.08. The summed E-state index contributed by atoms with van der Waals surface area (Å²) in [5.74, 6) is 0.832. The van der Waals surface area contributed by atoms with Crippen LogP contribution in [0.5, 0.6) is 0 Å². The molecule has 0 N–H and O–H groups in total. The number of nitrogens with zero attached hydrogens (tertiary/aromatic N) is 2. The van der Waals surface area contributed by atoms with Gasteiger partial charge in [-0.2, -0.15) is 0 Å². The maximum Gasteiger partial charge on any atom is 0.0602 e. The average Bonchev–Trinajstić information content (AvgIpc) is 2.30. The molecule has 21 heavy (non-hydrogen) atoms. The fourth-order valence-electron chi connectivity index (χ4n) is 3.69. The van der Waals surface area contributed by atoms with Crippen molar-refractivity contribution in [1.82, 2.24) is 9.80 Å². The molecule has 2 aliphatic rings. The van der Waals surface area contributed by atoms with Crippen LogP contribution in [0, 0.1) is 5.92 Å². The number of piperazine rings is 1. The molecule has 0 unspecified atom stereocenters. The normalized spacial score (nSPS) is 31.0. The molecular weight excluding hydrogens is 260 g/mol. The zero-order valence-electron chi connectivity index (χ0n) is 15.3. The third-order valence-corrected chi connectivity index (χ3v) is 5.17. The molecule has 3 heteroatoms. The predicted molar refractivity (Wildman–Crippen MR) is 89.7 cm³/mol. The molecule has 2 rings (SSSR count). The Morgan fingerprint density at radius 1 is 0.905 bits per heavy atom. The predicted octanol–water partition coefficient (Wildman–Crippen LogP) is 3.38. The highest BCUT2D eigenvalue weighted by Crippen LogP contribution is 2.37. The number of hydrogen-bond donors (Lipinski definition) is 0. The van der Waals surface area contributed by atoms with E-state index in [2.05, 4.69) is 58.3 Å². The van der Waals surface area contributed by atoms with Gasteiger partial charge in [0.15, 0.2) is 0 Å². The highest BCUT2D eigenvalue weighted by atomic mass is 16.5. The largest absolute Gasteiger partial charge is 0.373 e. The molecule has 1 aliphatic carbocycles. The Bertz CT molecular complexity index is 328. The van der Waals surface area contributed by atoms with Crippen molar-refractivity contribution in [2.24, 2.45) is 5.92 Å². The van der Waals surface area contributed by atoms with E-state index in [0.29, 0.717) is 17.7 Å². The molecule has 1 atom stereocenters. The molecule has 0 aromatic rings. The Hall–Kier alpha value is -0.120. The highest BCUT2D eigenvalue weighted by Gasteiger charge is 2.39. The molecule has 1 saturated carbocycles. The van der Waals surface area contributed by atoms with Crippen molar-refractivity contribution in [1.29, 1.82) is 0 Å². The van der Waals surface area contributed by atoms with Crippen molar-refractivity contribution in [3.05, 3.63) is 0 Å². The first-order valence-corrected chi connectivity index (χ1v) is 8.73. The molecule has 0 aromatic carbocycles. The maximum absolute atomic E-state index is 6.08. The average molecular weight is 296 g/mol. The molecule has 1 saturated heterocycles. The number of ether oxygens (including phenoxy) is 1. The topological polar surface area (TPSA) is 15.7 Å². The van der Waals surface area contributed by atoms with E-state index < -0.39 is 0 Å². The third kappa shape index (κ3) is 4.67. The smallest absolute Gasteiger partial charge is 0.0602 e. The summed E-state index contributed by atoms with van der Waals surface area (Å²) < 4.78 is 6.08. The molecule has 1 heterocycles. The summed E-state index contributed by atoms with van der Waals surface area (Å²) in [7, 11) is 0. The van der Waals surface area contributed by atoms with Crippen molar-refractivity contribution >= 4 is 0 Å². The minimum absolute atomic E-state index is 0.0111. The first-order valence-electron chi connectivity index (χ1n) is 8.73. The molecule has 0 spiro atoms. The van der Waals surface area contributed by atoms with Crippen LogP contribution in [-0.4, -0.2) is 59.3 Å². The molecular formula is C18H36N2O. The Labute approximate surface area is 132 Å². The molecule has 124 valence electrons. The second-order valence-electron chi connectivity index (χ2n) is 9.02. The second-order valence-corrected chi connectivity index (χ2v) is 9.02. The van der Waals surface area contributed by atoms with Crippen molar-refractivity contribution in [3.8, 4) is 0 Å². The first kappa shape index (κ1) is 17.2. The zero-order valence-corrected chi connectivity index (χ0v) is 15.3. The van der Waals surface area contributed by atoms with E-state index in [1.807, 2.05) is 0 Å². The monoisotopic (exact) mass is 296 g/mol. The fourth-order valence-corrected chi connectivity index (χ4v) is 3.69. The summed E-state index contributed by atoms with van der Waals surface area (Å²) in [6.07, 6.45) is 2.99. The Morgan fingerprint density at radius 2 is 1.43 bits per heavy atom. The molecule has 0 radical (unpaired) electrons. The van der Waals surface area contributed by atoms with Crippen LogP contribution >= 0.6 is 0 Å². The summed E-state index contributed by atoms with van der Waals surface area (Å²) in [5.41, 5.74) is 0.328. The van der Waals surface area contributed by atoms with Crippen LogP contribution in [-0.2, 0) is 4.74 Å². The standard InChI is InChI=1S/C18H36N2O/c1-14(15-12-16(13-15)21-18(5,6)7)19-8-10-20(11-9-19)17(2,3)4/h14-16H,8-13H2,1-7H3/t14-,15-,16-/m1/s1. The van der Waals surface area contributed by atoms with Gasteiger partial charge in [-0.25, -0.2) is 0 Å². The number of hydrogen-bond acceptors (Lipinski definition) is 3. The molecule has 3 nitrogen and oxygen atoms in total. The SMILES string of the molecule is C[C@H]([C@H]1C[C@H](OC(C)(C)C)C1)N1CCN(C(C)(C)C)CC1. The minimum atomic E-state index is 0.0111. The highest BCUT2D eigenvalue weighted by molar-refractivity contribution is 4.92. The van der Waals surface area contributed by atoms with Gasteiger partial charge in [-0.15, -0.1) is 0 Å². The van der Waals surface area contributed by atoms with Crippen LogP contribution in [0.4, 0.5) is 0 Å². The van der Waals surface area contributed by atoms with Crippen LogP contribution in [0.1, 0.15) is 61.3 Å². The van der Waals surface area contributed by atoms with Gasteiger partial charge >= 0.3 is 0 Å². The molecule has 2 fully saturated rings. The van der Waals surface area contributed by atoms with Crippen molar-refractivity contribution in [2.75, 3.05) is 26.2 Å². The van der Waals surface area contributed by atoms with Gasteiger partial charge < -0.3 is 4.74 Å². The molecule has 1 aliphatic heterocycles. The number of rotatable bonds is 3. The van der Waals surface area contributed by atoms with Gasteiger partial charge in [0, 0.05) is 37.8 Å². The van der Waals surface area contributed by atoms with Gasteiger partial charge in [0.2, 0.25) is 0 Å². The lowest BCUT2D eigenvalue weighted by Crippen LogP contribution is -2.57. The van der Waals surface area contributed by atoms with E-state index in [9.17, 15) is 0 Å². The van der Waals surface area contributed by atoms with E-state index in [1.165, 1.54) is 39.0 Å². The van der Waals surface area contributed by atoms with Crippen molar-refractivity contribution < 1.29 is 4.74 Å². The van der Waals surface area contributed by atoms with Crippen molar-refractivity contribution in [3.63, 3.8) is 0 Å².